The summed E-state index contributed by atoms with van der Waals surface area (Å²) in [5.74, 6) is 0.865. The van der Waals surface area contributed by atoms with E-state index in [0.717, 1.165) is 19.2 Å². The fourth-order valence-corrected chi connectivity index (χ4v) is 4.17. The van der Waals surface area contributed by atoms with Crippen LogP contribution in [0.25, 0.3) is 0 Å². The van der Waals surface area contributed by atoms with Crippen molar-refractivity contribution < 1.29 is 4.74 Å². The summed E-state index contributed by atoms with van der Waals surface area (Å²) in [6.07, 6.45) is 0. The summed E-state index contributed by atoms with van der Waals surface area (Å²) >= 11 is 14.4. The lowest BCUT2D eigenvalue weighted by Gasteiger charge is -2.15. The molecule has 2 aromatic rings. The van der Waals surface area contributed by atoms with Crippen molar-refractivity contribution in [1.82, 2.24) is 0 Å². The third-order valence-corrected chi connectivity index (χ3v) is 5.64. The van der Waals surface area contributed by atoms with Gasteiger partial charge < -0.3 is 4.74 Å². The molecule has 1 atom stereocenters. The van der Waals surface area contributed by atoms with Gasteiger partial charge in [0.15, 0.2) is 0 Å². The molecule has 1 unspecified atom stereocenters. The molecule has 2 aromatic carbocycles. The van der Waals surface area contributed by atoms with Crippen molar-refractivity contribution in [3.63, 3.8) is 0 Å². The number of ether oxygens (including phenoxy) is 1. The van der Waals surface area contributed by atoms with Crippen molar-refractivity contribution in [2.24, 2.45) is 0 Å². The Hall–Kier alpha value is 0.160. The van der Waals surface area contributed by atoms with Crippen molar-refractivity contribution in [1.29, 1.82) is 0 Å². The fraction of sp³-hybridized carbons (Fsp3) is 0.200. The van der Waals surface area contributed by atoms with Gasteiger partial charge in [-0.15, -0.1) is 0 Å². The lowest BCUT2D eigenvalue weighted by Crippen LogP contribution is -1.97. The van der Waals surface area contributed by atoms with E-state index in [2.05, 4.69) is 81.9 Å². The molecule has 0 amide bonds. The van der Waals surface area contributed by atoms with Crippen LogP contribution in [0.4, 0.5) is 0 Å². The van der Waals surface area contributed by atoms with Gasteiger partial charge in [-0.2, -0.15) is 0 Å². The number of hydrogen-bond donors (Lipinski definition) is 0. The van der Waals surface area contributed by atoms with Gasteiger partial charge in [-0.1, -0.05) is 53.9 Å². The summed E-state index contributed by atoms with van der Waals surface area (Å²) in [6, 6.07) is 12.3. The van der Waals surface area contributed by atoms with E-state index < -0.39 is 0 Å². The average molecular weight is 528 g/mol. The first-order chi connectivity index (χ1) is 9.52. The SMILES string of the molecule is CCOc1ccc(C(Br)c2cc(Br)ccc2Br)cc1Br. The molecule has 20 heavy (non-hydrogen) atoms. The molecule has 0 aliphatic rings. The van der Waals surface area contributed by atoms with E-state index in [1.54, 1.807) is 0 Å². The van der Waals surface area contributed by atoms with E-state index in [4.69, 9.17) is 4.74 Å². The Bertz CT molecular complexity index is 613. The molecule has 0 spiro atoms. The second-order valence-electron chi connectivity index (χ2n) is 4.15. The molecule has 0 heterocycles. The van der Waals surface area contributed by atoms with Crippen LogP contribution in [0.5, 0.6) is 5.75 Å². The van der Waals surface area contributed by atoms with Gasteiger partial charge in [-0.05, 0) is 64.3 Å². The van der Waals surface area contributed by atoms with Gasteiger partial charge in [-0.3, -0.25) is 0 Å². The molecular formula is C15H12Br4O. The van der Waals surface area contributed by atoms with E-state index in [1.165, 1.54) is 11.1 Å². The monoisotopic (exact) mass is 524 g/mol. The normalized spacial score (nSPS) is 12.2. The van der Waals surface area contributed by atoms with Gasteiger partial charge in [0, 0.05) is 8.95 Å². The van der Waals surface area contributed by atoms with Crippen molar-refractivity contribution in [3.05, 3.63) is 60.9 Å². The van der Waals surface area contributed by atoms with Gasteiger partial charge in [0.2, 0.25) is 0 Å². The minimum atomic E-state index is 0.112. The summed E-state index contributed by atoms with van der Waals surface area (Å²) in [6.45, 7) is 2.64. The predicted molar refractivity (Wildman–Crippen MR) is 97.9 cm³/mol. The topological polar surface area (TPSA) is 9.23 Å². The molecule has 5 heteroatoms. The minimum Gasteiger partial charge on any atom is -0.493 e. The largest absolute Gasteiger partial charge is 0.493 e. The molecule has 0 aliphatic heterocycles. The van der Waals surface area contributed by atoms with Gasteiger partial charge in [0.25, 0.3) is 0 Å². The zero-order valence-corrected chi connectivity index (χ0v) is 17.0. The van der Waals surface area contributed by atoms with Crippen LogP contribution in [0, 0.1) is 0 Å². The zero-order valence-electron chi connectivity index (χ0n) is 10.7. The standard InChI is InChI=1S/C15H12Br4O/c1-2-20-14-6-3-9(7-13(14)18)15(19)11-8-10(16)4-5-12(11)17/h3-8,15H,2H2,1H3. The molecular weight excluding hydrogens is 516 g/mol. The van der Waals surface area contributed by atoms with Crippen molar-refractivity contribution >= 4 is 63.7 Å². The quantitative estimate of drug-likeness (QED) is 0.395. The average Bonchev–Trinajstić information content (AvgIpc) is 2.43. The van der Waals surface area contributed by atoms with Gasteiger partial charge in [0.05, 0.1) is 15.9 Å². The Morgan fingerprint density at radius 1 is 1.00 bits per heavy atom. The van der Waals surface area contributed by atoms with Crippen molar-refractivity contribution in [2.75, 3.05) is 6.61 Å². The Labute approximate surface area is 152 Å². The van der Waals surface area contributed by atoms with Crippen LogP contribution in [0.1, 0.15) is 22.9 Å². The van der Waals surface area contributed by atoms with E-state index in [9.17, 15) is 0 Å². The number of benzene rings is 2. The highest BCUT2D eigenvalue weighted by molar-refractivity contribution is 9.11. The van der Waals surface area contributed by atoms with Crippen LogP contribution in [-0.2, 0) is 0 Å². The first kappa shape index (κ1) is 16.5. The van der Waals surface area contributed by atoms with Gasteiger partial charge in [0.1, 0.15) is 5.75 Å². The molecule has 0 N–H and O–H groups in total. The van der Waals surface area contributed by atoms with Gasteiger partial charge >= 0.3 is 0 Å². The van der Waals surface area contributed by atoms with E-state index in [0.29, 0.717) is 6.61 Å². The van der Waals surface area contributed by atoms with Crippen LogP contribution in [0.15, 0.2) is 49.8 Å². The lowest BCUT2D eigenvalue weighted by molar-refractivity contribution is 0.338. The summed E-state index contributed by atoms with van der Waals surface area (Å²) in [5, 5.41) is 0. The minimum absolute atomic E-state index is 0.112. The van der Waals surface area contributed by atoms with Crippen LogP contribution in [0.2, 0.25) is 0 Å². The van der Waals surface area contributed by atoms with Crippen LogP contribution < -0.4 is 4.74 Å². The Morgan fingerprint density at radius 2 is 1.75 bits per heavy atom. The number of hydrogen-bond acceptors (Lipinski definition) is 1. The first-order valence-corrected chi connectivity index (χ1v) is 9.33. The highest BCUT2D eigenvalue weighted by atomic mass is 79.9. The first-order valence-electron chi connectivity index (χ1n) is 6.04. The predicted octanol–water partition coefficient (Wildman–Crippen LogP) is 6.86. The number of rotatable bonds is 4. The highest BCUT2D eigenvalue weighted by Crippen LogP contribution is 2.39. The van der Waals surface area contributed by atoms with E-state index >= 15 is 0 Å². The van der Waals surface area contributed by atoms with E-state index in [-0.39, 0.29) is 4.83 Å². The lowest BCUT2D eigenvalue weighted by atomic mass is 10.0. The third-order valence-electron chi connectivity index (χ3n) is 2.78. The smallest absolute Gasteiger partial charge is 0.133 e. The molecule has 0 fully saturated rings. The maximum absolute atomic E-state index is 5.54. The highest BCUT2D eigenvalue weighted by Gasteiger charge is 2.15. The Morgan fingerprint density at radius 3 is 2.40 bits per heavy atom. The molecule has 0 radical (unpaired) electrons. The summed E-state index contributed by atoms with van der Waals surface area (Å²) in [4.78, 5) is 0.112. The maximum Gasteiger partial charge on any atom is 0.133 e. The van der Waals surface area contributed by atoms with Gasteiger partial charge in [-0.25, -0.2) is 0 Å². The summed E-state index contributed by atoms with van der Waals surface area (Å²) < 4.78 is 8.64. The Balaban J connectivity index is 2.35. The van der Waals surface area contributed by atoms with Crippen molar-refractivity contribution in [3.8, 4) is 5.75 Å². The summed E-state index contributed by atoms with van der Waals surface area (Å²) in [5.41, 5.74) is 2.34. The molecule has 0 bridgehead atoms. The maximum atomic E-state index is 5.54. The molecule has 2 rings (SSSR count). The molecule has 1 nitrogen and oxygen atoms in total. The zero-order chi connectivity index (χ0) is 14.7. The van der Waals surface area contributed by atoms with Crippen LogP contribution >= 0.6 is 63.7 Å². The molecule has 0 saturated heterocycles. The second-order valence-corrected chi connectivity index (χ2v) is 7.69. The number of alkyl halides is 1. The third kappa shape index (κ3) is 3.87. The molecule has 0 aromatic heterocycles. The Kier molecular flexibility index (Phi) is 6.14. The molecule has 106 valence electrons. The van der Waals surface area contributed by atoms with Crippen molar-refractivity contribution in [2.45, 2.75) is 11.8 Å². The van der Waals surface area contributed by atoms with Crippen LogP contribution in [0.3, 0.4) is 0 Å². The second kappa shape index (κ2) is 7.43. The van der Waals surface area contributed by atoms with Crippen LogP contribution in [-0.4, -0.2) is 6.61 Å². The molecule has 0 aliphatic carbocycles. The van der Waals surface area contributed by atoms with E-state index in [1.807, 2.05) is 25.1 Å². The summed E-state index contributed by atoms with van der Waals surface area (Å²) in [7, 11) is 0. The molecule has 0 saturated carbocycles. The fourth-order valence-electron chi connectivity index (χ4n) is 1.84. The number of halogens is 4.